The normalized spacial score (nSPS) is 15.7. The van der Waals surface area contributed by atoms with Gasteiger partial charge in [0.2, 0.25) is 5.91 Å². The Hall–Kier alpha value is -5.11. The highest BCUT2D eigenvalue weighted by Crippen LogP contribution is 2.24. The van der Waals surface area contributed by atoms with Gasteiger partial charge in [0.05, 0.1) is 13.2 Å². The summed E-state index contributed by atoms with van der Waals surface area (Å²) < 4.78 is 15.4. The number of anilines is 3. The van der Waals surface area contributed by atoms with E-state index in [0.717, 1.165) is 5.56 Å². The first-order valence-corrected chi connectivity index (χ1v) is 13.0. The second kappa shape index (κ2) is 13.0. The molecule has 4 aromatic rings. The average molecular weight is 574 g/mol. The lowest BCUT2D eigenvalue weighted by Crippen LogP contribution is -2.55. The number of aromatic amines is 1. The molecular formula is C29H27N5O8. The molecular weight excluding hydrogens is 546 g/mol. The van der Waals surface area contributed by atoms with Gasteiger partial charge >= 0.3 is 5.76 Å². The molecule has 42 heavy (non-hydrogen) atoms. The van der Waals surface area contributed by atoms with Gasteiger partial charge < -0.3 is 30.1 Å². The van der Waals surface area contributed by atoms with Gasteiger partial charge in [-0.25, -0.2) is 4.79 Å². The van der Waals surface area contributed by atoms with Crippen molar-refractivity contribution in [3.05, 3.63) is 95.0 Å². The number of rotatable bonds is 10. The standard InChI is InChI=1S/C29H27N5O8/c35-23(17-40-16-18-5-2-1-3-6-18)30-21-7-4-8-22(15-21)34-13-14-41-25(28(34)38)24(36)27(37)31-20-11-9-19(10-12-20)26-32-29(39)42-33-26/h1-12,15,24-25,36H,13-14,16-17H2,(H,30,35)(H,31,37)(H,32,33,39)/t24-,25-/m1/s1. The molecule has 1 aromatic heterocycles. The van der Waals surface area contributed by atoms with Gasteiger partial charge in [-0.05, 0) is 48.0 Å². The predicted octanol–water partition coefficient (Wildman–Crippen LogP) is 1.92. The summed E-state index contributed by atoms with van der Waals surface area (Å²) in [6.07, 6.45) is -3.24. The lowest BCUT2D eigenvalue weighted by Gasteiger charge is -2.34. The Morgan fingerprint density at radius 2 is 1.81 bits per heavy atom. The van der Waals surface area contributed by atoms with Crippen molar-refractivity contribution in [3.8, 4) is 11.4 Å². The van der Waals surface area contributed by atoms with Crippen LogP contribution >= 0.6 is 0 Å². The lowest BCUT2D eigenvalue weighted by atomic mass is 10.1. The first kappa shape index (κ1) is 28.4. The van der Waals surface area contributed by atoms with Gasteiger partial charge in [0.25, 0.3) is 11.8 Å². The number of amides is 3. The van der Waals surface area contributed by atoms with Gasteiger partial charge in [-0.2, -0.15) is 0 Å². The van der Waals surface area contributed by atoms with Crippen LogP contribution in [0.1, 0.15) is 5.56 Å². The monoisotopic (exact) mass is 573 g/mol. The highest BCUT2D eigenvalue weighted by atomic mass is 16.5. The van der Waals surface area contributed by atoms with E-state index in [4.69, 9.17) is 9.47 Å². The highest BCUT2D eigenvalue weighted by molar-refractivity contribution is 6.04. The molecule has 2 atom stereocenters. The van der Waals surface area contributed by atoms with Crippen LogP contribution < -0.4 is 21.3 Å². The molecule has 0 bridgehead atoms. The zero-order chi connectivity index (χ0) is 29.5. The van der Waals surface area contributed by atoms with Crippen molar-refractivity contribution in [2.24, 2.45) is 0 Å². The van der Waals surface area contributed by atoms with Gasteiger partial charge in [-0.1, -0.05) is 41.6 Å². The number of aliphatic hydroxyl groups excluding tert-OH is 1. The number of nitrogens with one attached hydrogen (secondary N) is 3. The first-order chi connectivity index (χ1) is 20.4. The summed E-state index contributed by atoms with van der Waals surface area (Å²) in [6, 6.07) is 22.4. The van der Waals surface area contributed by atoms with E-state index in [-0.39, 0.29) is 31.5 Å². The second-order valence-corrected chi connectivity index (χ2v) is 9.31. The van der Waals surface area contributed by atoms with Crippen LogP contribution in [0.5, 0.6) is 0 Å². The number of benzene rings is 3. The van der Waals surface area contributed by atoms with Crippen molar-refractivity contribution in [3.63, 3.8) is 0 Å². The minimum atomic E-state index is -1.79. The smallest absolute Gasteiger partial charge is 0.380 e. The van der Waals surface area contributed by atoms with Crippen LogP contribution in [0.4, 0.5) is 17.1 Å². The summed E-state index contributed by atoms with van der Waals surface area (Å²) in [5.74, 6) is -2.28. The number of hydrogen-bond acceptors (Lipinski definition) is 9. The molecule has 3 amide bonds. The molecule has 5 rings (SSSR count). The number of carbonyl (C=O) groups excluding carboxylic acids is 3. The fourth-order valence-corrected chi connectivity index (χ4v) is 4.29. The van der Waals surface area contributed by atoms with E-state index < -0.39 is 29.8 Å². The van der Waals surface area contributed by atoms with Gasteiger partial charge in [0.1, 0.15) is 6.61 Å². The molecule has 216 valence electrons. The van der Waals surface area contributed by atoms with Crippen molar-refractivity contribution < 1.29 is 33.5 Å². The van der Waals surface area contributed by atoms with Crippen LogP contribution in [0.3, 0.4) is 0 Å². The van der Waals surface area contributed by atoms with Crippen molar-refractivity contribution in [1.29, 1.82) is 0 Å². The molecule has 0 aliphatic carbocycles. The summed E-state index contributed by atoms with van der Waals surface area (Å²) >= 11 is 0. The fourth-order valence-electron chi connectivity index (χ4n) is 4.29. The van der Waals surface area contributed by atoms with Crippen LogP contribution in [0, 0.1) is 0 Å². The largest absolute Gasteiger partial charge is 0.439 e. The Kier molecular flexibility index (Phi) is 8.82. The molecule has 0 unspecified atom stereocenters. The van der Waals surface area contributed by atoms with Crippen LogP contribution in [0.2, 0.25) is 0 Å². The summed E-state index contributed by atoms with van der Waals surface area (Å²) in [5, 5.41) is 19.6. The highest BCUT2D eigenvalue weighted by Gasteiger charge is 2.39. The molecule has 0 spiro atoms. The maximum Gasteiger partial charge on any atom is 0.439 e. The van der Waals surface area contributed by atoms with Gasteiger partial charge in [0, 0.05) is 29.2 Å². The van der Waals surface area contributed by atoms with Crippen LogP contribution in [-0.2, 0) is 30.5 Å². The predicted molar refractivity (Wildman–Crippen MR) is 150 cm³/mol. The molecule has 1 aliphatic rings. The number of H-pyrrole nitrogens is 1. The Bertz CT molecular complexity index is 1600. The molecule has 2 heterocycles. The third-order valence-corrected chi connectivity index (χ3v) is 6.33. The van der Waals surface area contributed by atoms with E-state index in [0.29, 0.717) is 29.2 Å². The summed E-state index contributed by atoms with van der Waals surface area (Å²) in [7, 11) is 0. The van der Waals surface area contributed by atoms with Crippen LogP contribution in [-0.4, -0.2) is 64.9 Å². The number of aliphatic hydroxyl groups is 1. The van der Waals surface area contributed by atoms with Crippen LogP contribution in [0.15, 0.2) is 88.2 Å². The number of hydrogen-bond donors (Lipinski definition) is 4. The van der Waals surface area contributed by atoms with Gasteiger partial charge in [-0.15, -0.1) is 0 Å². The number of ether oxygens (including phenoxy) is 2. The maximum absolute atomic E-state index is 13.2. The number of carbonyl (C=O) groups is 3. The molecule has 13 heteroatoms. The molecule has 0 radical (unpaired) electrons. The quantitative estimate of drug-likeness (QED) is 0.221. The van der Waals surface area contributed by atoms with Crippen molar-refractivity contribution in [2.75, 3.05) is 35.3 Å². The molecule has 0 saturated carbocycles. The number of morpholine rings is 1. The zero-order valence-electron chi connectivity index (χ0n) is 22.2. The Morgan fingerprint density at radius 3 is 2.55 bits per heavy atom. The number of nitrogens with zero attached hydrogens (tertiary/aromatic N) is 2. The maximum atomic E-state index is 13.2. The minimum Gasteiger partial charge on any atom is -0.380 e. The minimum absolute atomic E-state index is 0.0786. The van der Waals surface area contributed by atoms with E-state index in [1.165, 1.54) is 17.0 Å². The van der Waals surface area contributed by atoms with Crippen molar-refractivity contribution in [1.82, 2.24) is 10.1 Å². The van der Waals surface area contributed by atoms with E-state index in [1.54, 1.807) is 36.4 Å². The third-order valence-electron chi connectivity index (χ3n) is 6.33. The fraction of sp³-hybridized carbons (Fsp3) is 0.207. The summed E-state index contributed by atoms with van der Waals surface area (Å²) in [6.45, 7) is 0.410. The molecule has 1 fully saturated rings. The van der Waals surface area contributed by atoms with E-state index in [1.807, 2.05) is 30.3 Å². The Balaban J connectivity index is 1.17. The third kappa shape index (κ3) is 6.96. The average Bonchev–Trinajstić information content (AvgIpc) is 3.44. The molecule has 13 nitrogen and oxygen atoms in total. The first-order valence-electron chi connectivity index (χ1n) is 13.0. The van der Waals surface area contributed by atoms with E-state index in [9.17, 15) is 24.3 Å². The lowest BCUT2D eigenvalue weighted by molar-refractivity contribution is -0.150. The molecule has 1 aliphatic heterocycles. The zero-order valence-corrected chi connectivity index (χ0v) is 22.2. The number of aromatic nitrogens is 2. The second-order valence-electron chi connectivity index (χ2n) is 9.31. The van der Waals surface area contributed by atoms with Crippen LogP contribution in [0.25, 0.3) is 11.4 Å². The van der Waals surface area contributed by atoms with Gasteiger partial charge in [-0.3, -0.25) is 23.9 Å². The topological polar surface area (TPSA) is 176 Å². The molecule has 1 saturated heterocycles. The summed E-state index contributed by atoms with van der Waals surface area (Å²) in [4.78, 5) is 53.3. The van der Waals surface area contributed by atoms with E-state index in [2.05, 4.69) is 25.3 Å². The molecule has 4 N–H and O–H groups in total. The SMILES string of the molecule is O=C(COCc1ccccc1)Nc1cccc(N2CCO[C@H]([C@@H](O)C(=O)Nc3ccc(-c4noc(=O)[nH]4)cc3)C2=O)c1. The van der Waals surface area contributed by atoms with Crippen molar-refractivity contribution >= 4 is 34.8 Å². The summed E-state index contributed by atoms with van der Waals surface area (Å²) in [5.41, 5.74) is 2.74. The van der Waals surface area contributed by atoms with Crippen molar-refractivity contribution in [2.45, 2.75) is 18.8 Å². The molecule has 3 aromatic carbocycles. The van der Waals surface area contributed by atoms with Gasteiger partial charge in [0.15, 0.2) is 18.0 Å². The Labute approximate surface area is 239 Å². The van der Waals surface area contributed by atoms with E-state index >= 15 is 0 Å². The Morgan fingerprint density at radius 1 is 1.02 bits per heavy atom.